The molecule has 0 N–H and O–H groups in total. The van der Waals surface area contributed by atoms with Crippen molar-refractivity contribution >= 4 is 61.6 Å². The van der Waals surface area contributed by atoms with Gasteiger partial charge in [0, 0.05) is 15.1 Å². The standard InChI is InChI=1S/C9H6BrClS2/c10-7-3-1-2-5-6(4-11)9(12)13-8(5)7/h1-3,12H,4H2. The molecule has 0 saturated carbocycles. The van der Waals surface area contributed by atoms with Crippen LogP contribution in [0.3, 0.4) is 0 Å². The summed E-state index contributed by atoms with van der Waals surface area (Å²) >= 11 is 15.4. The van der Waals surface area contributed by atoms with E-state index in [1.165, 1.54) is 10.1 Å². The SMILES string of the molecule is Sc1sc2c(Br)cccc2c1CCl. The fourth-order valence-corrected chi connectivity index (χ4v) is 3.75. The van der Waals surface area contributed by atoms with Crippen LogP contribution in [0.15, 0.2) is 26.9 Å². The van der Waals surface area contributed by atoms with Crippen LogP contribution in [0.4, 0.5) is 0 Å². The molecule has 1 aromatic heterocycles. The maximum atomic E-state index is 5.85. The number of thiol groups is 1. The molecule has 1 aromatic carbocycles. The molecule has 0 aliphatic heterocycles. The highest BCUT2D eigenvalue weighted by molar-refractivity contribution is 9.10. The highest BCUT2D eigenvalue weighted by Crippen LogP contribution is 2.38. The molecular weight excluding hydrogens is 288 g/mol. The molecule has 0 radical (unpaired) electrons. The van der Waals surface area contributed by atoms with Crippen molar-refractivity contribution in [1.29, 1.82) is 0 Å². The van der Waals surface area contributed by atoms with Gasteiger partial charge in [-0.15, -0.1) is 35.6 Å². The summed E-state index contributed by atoms with van der Waals surface area (Å²) in [5, 5.41) is 1.21. The highest BCUT2D eigenvalue weighted by atomic mass is 79.9. The quantitative estimate of drug-likeness (QED) is 0.572. The second kappa shape index (κ2) is 3.81. The maximum Gasteiger partial charge on any atom is 0.0625 e. The second-order valence-corrected chi connectivity index (χ2v) is 5.53. The van der Waals surface area contributed by atoms with E-state index in [1.54, 1.807) is 11.3 Å². The Balaban J connectivity index is 2.86. The van der Waals surface area contributed by atoms with Gasteiger partial charge in [-0.3, -0.25) is 0 Å². The lowest BCUT2D eigenvalue weighted by Gasteiger charge is -1.94. The van der Waals surface area contributed by atoms with Crippen LogP contribution >= 0.6 is 51.5 Å². The number of hydrogen-bond donors (Lipinski definition) is 1. The van der Waals surface area contributed by atoms with Crippen LogP contribution < -0.4 is 0 Å². The lowest BCUT2D eigenvalue weighted by molar-refractivity contribution is 1.40. The minimum absolute atomic E-state index is 0.523. The van der Waals surface area contributed by atoms with Gasteiger partial charge in [0.25, 0.3) is 0 Å². The molecule has 0 atom stereocenters. The largest absolute Gasteiger partial charge is 0.132 e. The Hall–Kier alpha value is 0.300. The van der Waals surface area contributed by atoms with Crippen LogP contribution in [0, 0.1) is 0 Å². The molecule has 4 heteroatoms. The predicted molar refractivity (Wildman–Crippen MR) is 66.3 cm³/mol. The number of benzene rings is 1. The minimum Gasteiger partial charge on any atom is -0.132 e. The molecule has 0 spiro atoms. The van der Waals surface area contributed by atoms with Gasteiger partial charge in [0.1, 0.15) is 0 Å². The molecule has 0 amide bonds. The van der Waals surface area contributed by atoms with Gasteiger partial charge in [-0.2, -0.15) is 0 Å². The summed E-state index contributed by atoms with van der Waals surface area (Å²) in [5.74, 6) is 0.523. The zero-order chi connectivity index (χ0) is 9.42. The predicted octanol–water partition coefficient (Wildman–Crippen LogP) is 4.69. The van der Waals surface area contributed by atoms with Crippen molar-refractivity contribution in [3.05, 3.63) is 28.2 Å². The molecule has 0 aliphatic carbocycles. The molecule has 0 unspecified atom stereocenters. The van der Waals surface area contributed by atoms with E-state index in [1.807, 2.05) is 12.1 Å². The molecule has 0 nitrogen and oxygen atoms in total. The highest BCUT2D eigenvalue weighted by Gasteiger charge is 2.09. The summed E-state index contributed by atoms with van der Waals surface area (Å²) in [6, 6.07) is 6.13. The second-order valence-electron chi connectivity index (χ2n) is 2.64. The Bertz CT molecular complexity index is 450. The van der Waals surface area contributed by atoms with Crippen molar-refractivity contribution < 1.29 is 0 Å². The summed E-state index contributed by atoms with van der Waals surface area (Å²) in [6.07, 6.45) is 0. The zero-order valence-electron chi connectivity index (χ0n) is 6.55. The number of alkyl halides is 1. The van der Waals surface area contributed by atoms with Gasteiger partial charge in [0.15, 0.2) is 0 Å². The number of thiophene rings is 1. The fraction of sp³-hybridized carbons (Fsp3) is 0.111. The number of rotatable bonds is 1. The van der Waals surface area contributed by atoms with E-state index in [0.717, 1.165) is 14.2 Å². The van der Waals surface area contributed by atoms with Crippen LogP contribution in [0.5, 0.6) is 0 Å². The third-order valence-corrected chi connectivity index (χ3v) is 4.70. The average molecular weight is 294 g/mol. The summed E-state index contributed by atoms with van der Waals surface area (Å²) in [7, 11) is 0. The first-order valence-corrected chi connectivity index (χ1v) is 6.28. The monoisotopic (exact) mass is 292 g/mol. The maximum absolute atomic E-state index is 5.85. The van der Waals surface area contributed by atoms with Crippen molar-refractivity contribution in [3.8, 4) is 0 Å². The van der Waals surface area contributed by atoms with Crippen molar-refractivity contribution in [1.82, 2.24) is 0 Å². The van der Waals surface area contributed by atoms with Gasteiger partial charge >= 0.3 is 0 Å². The summed E-state index contributed by atoms with van der Waals surface area (Å²) < 4.78 is 3.35. The molecule has 13 heavy (non-hydrogen) atoms. The van der Waals surface area contributed by atoms with Gasteiger partial charge in [-0.1, -0.05) is 12.1 Å². The van der Waals surface area contributed by atoms with Crippen molar-refractivity contribution in [2.45, 2.75) is 10.1 Å². The lowest BCUT2D eigenvalue weighted by Crippen LogP contribution is -1.74. The molecule has 0 aliphatic rings. The van der Waals surface area contributed by atoms with Crippen molar-refractivity contribution in [3.63, 3.8) is 0 Å². The summed E-state index contributed by atoms with van der Waals surface area (Å²) in [6.45, 7) is 0. The fourth-order valence-electron chi connectivity index (χ4n) is 1.25. The van der Waals surface area contributed by atoms with E-state index in [2.05, 4.69) is 34.6 Å². The molecule has 0 bridgehead atoms. The normalized spacial score (nSPS) is 11.0. The Kier molecular flexibility index (Phi) is 2.88. The van der Waals surface area contributed by atoms with Crippen LogP contribution in [-0.4, -0.2) is 0 Å². The van der Waals surface area contributed by atoms with Crippen LogP contribution in [0.25, 0.3) is 10.1 Å². The number of halogens is 2. The Morgan fingerprint density at radius 3 is 2.92 bits per heavy atom. The van der Waals surface area contributed by atoms with Crippen molar-refractivity contribution in [2.75, 3.05) is 0 Å². The van der Waals surface area contributed by atoms with E-state index >= 15 is 0 Å². The van der Waals surface area contributed by atoms with E-state index in [9.17, 15) is 0 Å². The number of fused-ring (bicyclic) bond motifs is 1. The first-order chi connectivity index (χ1) is 6.24. The van der Waals surface area contributed by atoms with Gasteiger partial charge in [0.2, 0.25) is 0 Å². The molecule has 0 saturated heterocycles. The average Bonchev–Trinajstić information content (AvgIpc) is 2.43. The van der Waals surface area contributed by atoms with Crippen LogP contribution in [0.2, 0.25) is 0 Å². The van der Waals surface area contributed by atoms with Crippen LogP contribution in [-0.2, 0) is 5.88 Å². The zero-order valence-corrected chi connectivity index (χ0v) is 10.6. The molecule has 0 fully saturated rings. The van der Waals surface area contributed by atoms with E-state index in [0.29, 0.717) is 5.88 Å². The topological polar surface area (TPSA) is 0 Å². The van der Waals surface area contributed by atoms with Crippen molar-refractivity contribution in [2.24, 2.45) is 0 Å². The third-order valence-electron chi connectivity index (χ3n) is 1.88. The smallest absolute Gasteiger partial charge is 0.0625 e. The molecule has 2 aromatic rings. The molecule has 1 heterocycles. The van der Waals surface area contributed by atoms with Gasteiger partial charge in [0.05, 0.1) is 4.21 Å². The summed E-state index contributed by atoms with van der Waals surface area (Å²) in [4.78, 5) is 0. The van der Waals surface area contributed by atoms with Crippen LogP contribution in [0.1, 0.15) is 5.56 Å². The van der Waals surface area contributed by atoms with E-state index in [-0.39, 0.29) is 0 Å². The lowest BCUT2D eigenvalue weighted by atomic mass is 10.2. The Morgan fingerprint density at radius 2 is 2.23 bits per heavy atom. The molecular formula is C9H6BrClS2. The van der Waals surface area contributed by atoms with E-state index in [4.69, 9.17) is 11.6 Å². The first-order valence-electron chi connectivity index (χ1n) is 3.69. The summed E-state index contributed by atoms with van der Waals surface area (Å²) in [5.41, 5.74) is 1.13. The number of hydrogen-bond acceptors (Lipinski definition) is 2. The molecule has 2 rings (SSSR count). The Labute approximate surface area is 99.4 Å². The van der Waals surface area contributed by atoms with Gasteiger partial charge in [-0.25, -0.2) is 0 Å². The first kappa shape index (κ1) is 9.84. The Morgan fingerprint density at radius 1 is 1.46 bits per heavy atom. The minimum atomic E-state index is 0.523. The third kappa shape index (κ3) is 1.63. The van der Waals surface area contributed by atoms with Gasteiger partial charge in [-0.05, 0) is 32.9 Å². The van der Waals surface area contributed by atoms with E-state index < -0.39 is 0 Å². The van der Waals surface area contributed by atoms with Gasteiger partial charge < -0.3 is 0 Å². The molecule has 68 valence electrons.